The zero-order valence-electron chi connectivity index (χ0n) is 17.2. The second-order valence-electron chi connectivity index (χ2n) is 7.83. The number of carboxylic acid groups (broad SMARTS) is 1. The van der Waals surface area contributed by atoms with Gasteiger partial charge < -0.3 is 19.3 Å². The quantitative estimate of drug-likeness (QED) is 0.482. The van der Waals surface area contributed by atoms with E-state index in [2.05, 4.69) is 4.98 Å². The van der Waals surface area contributed by atoms with Gasteiger partial charge in [-0.05, 0) is 43.3 Å². The number of carbonyl (C=O) groups is 2. The van der Waals surface area contributed by atoms with Crippen molar-refractivity contribution in [3.63, 3.8) is 0 Å². The summed E-state index contributed by atoms with van der Waals surface area (Å²) < 4.78 is 5.30. The summed E-state index contributed by atoms with van der Waals surface area (Å²) in [6.07, 6.45) is 0.426. The molecule has 1 N–H and O–H groups in total. The Balaban J connectivity index is 1.49. The number of carbonyl (C=O) groups excluding carboxylic acids is 1. The van der Waals surface area contributed by atoms with Gasteiger partial charge in [0.1, 0.15) is 5.52 Å². The molecule has 0 spiro atoms. The van der Waals surface area contributed by atoms with Crippen LogP contribution in [0.25, 0.3) is 33.3 Å². The van der Waals surface area contributed by atoms with Crippen molar-refractivity contribution in [1.82, 2.24) is 19.8 Å². The average molecular weight is 451 g/mol. The summed E-state index contributed by atoms with van der Waals surface area (Å²) in [6.45, 7) is 2.77. The Labute approximate surface area is 188 Å². The van der Waals surface area contributed by atoms with Gasteiger partial charge >= 0.3 is 6.09 Å². The Morgan fingerprint density at radius 3 is 2.75 bits per heavy atom. The molecule has 3 heterocycles. The molecule has 1 atom stereocenters. The molecule has 4 aromatic rings. The van der Waals surface area contributed by atoms with Crippen molar-refractivity contribution in [2.45, 2.75) is 13.0 Å². The average Bonchev–Trinajstić information content (AvgIpc) is 3.26. The number of benzene rings is 2. The van der Waals surface area contributed by atoms with E-state index in [1.807, 2.05) is 25.1 Å². The second-order valence-corrected chi connectivity index (χ2v) is 8.24. The fourth-order valence-electron chi connectivity index (χ4n) is 4.08. The lowest BCUT2D eigenvalue weighted by molar-refractivity contribution is 0.0484. The van der Waals surface area contributed by atoms with Gasteiger partial charge in [0.2, 0.25) is 0 Å². The summed E-state index contributed by atoms with van der Waals surface area (Å²) in [5.41, 5.74) is 4.01. The lowest BCUT2D eigenvalue weighted by atomic mass is 10.1. The van der Waals surface area contributed by atoms with Crippen molar-refractivity contribution in [2.24, 2.45) is 0 Å². The molecule has 0 radical (unpaired) electrons. The highest BCUT2D eigenvalue weighted by molar-refractivity contribution is 6.35. The van der Waals surface area contributed by atoms with Gasteiger partial charge in [0.05, 0.1) is 16.2 Å². The molecule has 2 amide bonds. The van der Waals surface area contributed by atoms with Gasteiger partial charge in [-0.1, -0.05) is 17.7 Å². The standard InChI is InChI=1S/C23H19ClN4O4/c1-13-11-27(23(30)31)6-7-28(13)22(29)15-2-4-16-17(24)10-18(26-19(16)9-15)14-3-5-21-20(8-14)25-12-32-21/h2-5,8-10,12-13H,6-7,11H2,1H3,(H,30,31)/t13-/m0/s1. The maximum absolute atomic E-state index is 13.2. The fraction of sp³-hybridized carbons (Fsp3) is 0.217. The SMILES string of the molecule is C[C@H]1CN(C(=O)O)CCN1C(=O)c1ccc2c(Cl)cc(-c3ccc4ocnc4c3)nc2c1. The third-order valence-corrected chi connectivity index (χ3v) is 6.10. The molecule has 0 aliphatic carbocycles. The minimum atomic E-state index is -0.968. The topological polar surface area (TPSA) is 99.8 Å². The van der Waals surface area contributed by atoms with E-state index in [1.165, 1.54) is 11.3 Å². The molecule has 1 aliphatic heterocycles. The summed E-state index contributed by atoms with van der Waals surface area (Å²) >= 11 is 6.53. The number of hydrogen-bond acceptors (Lipinski definition) is 5. The van der Waals surface area contributed by atoms with E-state index < -0.39 is 6.09 Å². The van der Waals surface area contributed by atoms with E-state index in [0.717, 1.165) is 16.5 Å². The molecule has 9 heteroatoms. The molecule has 0 saturated carbocycles. The Kier molecular flexibility index (Phi) is 4.94. The molecule has 162 valence electrons. The zero-order chi connectivity index (χ0) is 22.4. The van der Waals surface area contributed by atoms with Crippen molar-refractivity contribution in [1.29, 1.82) is 0 Å². The molecule has 5 rings (SSSR count). The van der Waals surface area contributed by atoms with Crippen LogP contribution in [0.5, 0.6) is 0 Å². The van der Waals surface area contributed by atoms with E-state index in [9.17, 15) is 14.7 Å². The van der Waals surface area contributed by atoms with E-state index in [0.29, 0.717) is 33.9 Å². The van der Waals surface area contributed by atoms with Crippen LogP contribution < -0.4 is 0 Å². The zero-order valence-corrected chi connectivity index (χ0v) is 17.9. The maximum Gasteiger partial charge on any atom is 0.407 e. The number of piperazine rings is 1. The number of aromatic nitrogens is 2. The number of oxazole rings is 1. The predicted molar refractivity (Wildman–Crippen MR) is 120 cm³/mol. The lowest BCUT2D eigenvalue weighted by Gasteiger charge is -2.38. The summed E-state index contributed by atoms with van der Waals surface area (Å²) in [5.74, 6) is -0.156. The third kappa shape index (κ3) is 3.52. The Hall–Kier alpha value is -3.65. The second kappa shape index (κ2) is 7.80. The normalized spacial score (nSPS) is 16.6. The van der Waals surface area contributed by atoms with Gasteiger partial charge in [-0.2, -0.15) is 0 Å². The summed E-state index contributed by atoms with van der Waals surface area (Å²) in [5, 5.41) is 10.5. The first-order valence-electron chi connectivity index (χ1n) is 10.1. The van der Waals surface area contributed by atoms with Crippen molar-refractivity contribution in [3.05, 3.63) is 59.4 Å². The highest BCUT2D eigenvalue weighted by Crippen LogP contribution is 2.30. The minimum Gasteiger partial charge on any atom is -0.465 e. The molecule has 8 nitrogen and oxygen atoms in total. The number of pyridine rings is 1. The predicted octanol–water partition coefficient (Wildman–Crippen LogP) is 4.52. The van der Waals surface area contributed by atoms with E-state index in [-0.39, 0.29) is 25.0 Å². The van der Waals surface area contributed by atoms with Crippen LogP contribution in [-0.2, 0) is 0 Å². The summed E-state index contributed by atoms with van der Waals surface area (Å²) in [4.78, 5) is 36.3. The Bertz CT molecular complexity index is 1370. The minimum absolute atomic E-state index is 0.156. The van der Waals surface area contributed by atoms with Crippen molar-refractivity contribution >= 4 is 45.6 Å². The lowest BCUT2D eigenvalue weighted by Crippen LogP contribution is -2.55. The molecule has 1 saturated heterocycles. The largest absolute Gasteiger partial charge is 0.465 e. The first-order chi connectivity index (χ1) is 15.4. The van der Waals surface area contributed by atoms with Gasteiger partial charge in [-0.15, -0.1) is 0 Å². The van der Waals surface area contributed by atoms with E-state index in [4.69, 9.17) is 21.0 Å². The maximum atomic E-state index is 13.2. The molecular formula is C23H19ClN4O4. The van der Waals surface area contributed by atoms with Crippen molar-refractivity contribution < 1.29 is 19.1 Å². The van der Waals surface area contributed by atoms with Crippen LogP contribution >= 0.6 is 11.6 Å². The summed E-state index contributed by atoms with van der Waals surface area (Å²) in [7, 11) is 0. The summed E-state index contributed by atoms with van der Waals surface area (Å²) in [6, 6.07) is 12.4. The monoisotopic (exact) mass is 450 g/mol. The van der Waals surface area contributed by atoms with E-state index >= 15 is 0 Å². The van der Waals surface area contributed by atoms with Gasteiger partial charge in [0.15, 0.2) is 12.0 Å². The van der Waals surface area contributed by atoms with Crippen LogP contribution in [0, 0.1) is 0 Å². The number of hydrogen-bond donors (Lipinski definition) is 1. The van der Waals surface area contributed by atoms with Crippen LogP contribution in [0.3, 0.4) is 0 Å². The van der Waals surface area contributed by atoms with Crippen LogP contribution in [0.15, 0.2) is 53.3 Å². The number of halogens is 1. The molecule has 1 aliphatic rings. The Morgan fingerprint density at radius 2 is 1.97 bits per heavy atom. The molecule has 2 aromatic carbocycles. The first-order valence-corrected chi connectivity index (χ1v) is 10.5. The Morgan fingerprint density at radius 1 is 1.12 bits per heavy atom. The van der Waals surface area contributed by atoms with Gasteiger partial charge in [0.25, 0.3) is 5.91 Å². The first kappa shape index (κ1) is 20.3. The highest BCUT2D eigenvalue weighted by atomic mass is 35.5. The molecular weight excluding hydrogens is 432 g/mol. The highest BCUT2D eigenvalue weighted by Gasteiger charge is 2.30. The fourth-order valence-corrected chi connectivity index (χ4v) is 4.35. The van der Waals surface area contributed by atoms with Crippen molar-refractivity contribution in [3.8, 4) is 11.3 Å². The molecule has 0 unspecified atom stereocenters. The number of nitrogens with zero attached hydrogens (tertiary/aromatic N) is 4. The van der Waals surface area contributed by atoms with E-state index in [1.54, 1.807) is 29.2 Å². The number of amides is 2. The number of rotatable bonds is 2. The van der Waals surface area contributed by atoms with Crippen LogP contribution in [0.4, 0.5) is 4.79 Å². The van der Waals surface area contributed by atoms with Crippen LogP contribution in [0.2, 0.25) is 5.02 Å². The van der Waals surface area contributed by atoms with Gasteiger partial charge in [0, 0.05) is 42.2 Å². The van der Waals surface area contributed by atoms with Gasteiger partial charge in [-0.3, -0.25) is 4.79 Å². The van der Waals surface area contributed by atoms with Gasteiger partial charge in [-0.25, -0.2) is 14.8 Å². The molecule has 1 fully saturated rings. The van der Waals surface area contributed by atoms with Crippen LogP contribution in [-0.4, -0.2) is 62.6 Å². The number of fused-ring (bicyclic) bond motifs is 2. The van der Waals surface area contributed by atoms with Crippen LogP contribution in [0.1, 0.15) is 17.3 Å². The molecule has 2 aromatic heterocycles. The van der Waals surface area contributed by atoms with Crippen molar-refractivity contribution in [2.75, 3.05) is 19.6 Å². The molecule has 32 heavy (non-hydrogen) atoms. The molecule has 0 bridgehead atoms. The third-order valence-electron chi connectivity index (χ3n) is 5.79. The smallest absolute Gasteiger partial charge is 0.407 e.